The van der Waals surface area contributed by atoms with E-state index in [4.69, 9.17) is 5.73 Å². The number of aryl methyl sites for hydroxylation is 1. The molecule has 0 atom stereocenters. The van der Waals surface area contributed by atoms with E-state index in [1.165, 1.54) is 5.52 Å². The molecule has 0 spiro atoms. The molecule has 3 rings (SSSR count). The normalized spacial score (nSPS) is 11.4. The van der Waals surface area contributed by atoms with E-state index < -0.39 is 0 Å². The Hall–Kier alpha value is -1.94. The van der Waals surface area contributed by atoms with Gasteiger partial charge in [-0.25, -0.2) is 9.97 Å². The molecule has 0 fully saturated rings. The number of fused-ring (bicyclic) bond motifs is 3. The number of nitrogens with two attached hydrogens (primary N) is 1. The van der Waals surface area contributed by atoms with Crippen molar-refractivity contribution in [1.82, 2.24) is 14.5 Å². The summed E-state index contributed by atoms with van der Waals surface area (Å²) in [6.45, 7) is 0.374. The van der Waals surface area contributed by atoms with Crippen molar-refractivity contribution in [2.75, 3.05) is 0 Å². The average Bonchev–Trinajstić information content (AvgIpc) is 2.64. The van der Waals surface area contributed by atoms with Gasteiger partial charge in [0.2, 0.25) is 0 Å². The van der Waals surface area contributed by atoms with Gasteiger partial charge in [0, 0.05) is 12.4 Å². The third-order valence-electron chi connectivity index (χ3n) is 2.88. The van der Waals surface area contributed by atoms with E-state index in [9.17, 15) is 0 Å². The number of nitrogens with zero attached hydrogens (tertiary/aromatic N) is 3. The van der Waals surface area contributed by atoms with E-state index >= 15 is 0 Å². The first-order chi connectivity index (χ1) is 7.81. The van der Waals surface area contributed by atoms with Gasteiger partial charge < -0.3 is 10.3 Å². The Balaban J connectivity index is 2.52. The summed E-state index contributed by atoms with van der Waals surface area (Å²) in [6.07, 6.45) is 1.84. The lowest BCUT2D eigenvalue weighted by atomic mass is 10.2. The van der Waals surface area contributed by atoms with Crippen molar-refractivity contribution < 1.29 is 0 Å². The first kappa shape index (κ1) is 9.30. The SMILES string of the molecule is Cn1c2ccccc2c2nc(CN)ncc21. The molecule has 4 nitrogen and oxygen atoms in total. The standard InChI is InChI=1S/C12H12N4/c1-16-9-5-3-2-4-8(9)12-10(16)7-14-11(6-13)15-12/h2-5,7H,6,13H2,1H3. The summed E-state index contributed by atoms with van der Waals surface area (Å²) in [5.41, 5.74) is 8.75. The second-order valence-corrected chi connectivity index (χ2v) is 3.80. The van der Waals surface area contributed by atoms with Crippen LogP contribution in [-0.2, 0) is 13.6 Å². The molecule has 4 heteroatoms. The fourth-order valence-corrected chi connectivity index (χ4v) is 2.05. The van der Waals surface area contributed by atoms with E-state index in [1.807, 2.05) is 25.4 Å². The molecule has 0 aliphatic heterocycles. The van der Waals surface area contributed by atoms with Gasteiger partial charge in [0.05, 0.1) is 29.3 Å². The maximum absolute atomic E-state index is 5.56. The molecule has 2 N–H and O–H groups in total. The topological polar surface area (TPSA) is 56.7 Å². The maximum Gasteiger partial charge on any atom is 0.142 e. The summed E-state index contributed by atoms with van der Waals surface area (Å²) in [5, 5.41) is 1.15. The number of benzene rings is 1. The van der Waals surface area contributed by atoms with E-state index in [0.717, 1.165) is 16.4 Å². The Morgan fingerprint density at radius 3 is 2.88 bits per heavy atom. The molecule has 0 aliphatic carbocycles. The molecule has 0 unspecified atom stereocenters. The molecule has 2 heterocycles. The van der Waals surface area contributed by atoms with Crippen LogP contribution >= 0.6 is 0 Å². The molecule has 16 heavy (non-hydrogen) atoms. The first-order valence-corrected chi connectivity index (χ1v) is 5.20. The zero-order chi connectivity index (χ0) is 11.1. The van der Waals surface area contributed by atoms with Crippen molar-refractivity contribution >= 4 is 21.9 Å². The summed E-state index contributed by atoms with van der Waals surface area (Å²) in [5.74, 6) is 0.684. The largest absolute Gasteiger partial charge is 0.341 e. The molecule has 80 valence electrons. The highest BCUT2D eigenvalue weighted by molar-refractivity contribution is 6.05. The molecule has 0 radical (unpaired) electrons. The van der Waals surface area contributed by atoms with Gasteiger partial charge in [-0.15, -0.1) is 0 Å². The van der Waals surface area contributed by atoms with Crippen LogP contribution < -0.4 is 5.73 Å². The van der Waals surface area contributed by atoms with E-state index in [1.54, 1.807) is 0 Å². The van der Waals surface area contributed by atoms with Gasteiger partial charge in [0.1, 0.15) is 5.82 Å². The van der Waals surface area contributed by atoms with Crippen molar-refractivity contribution in [2.45, 2.75) is 6.54 Å². The van der Waals surface area contributed by atoms with Crippen LogP contribution in [0.3, 0.4) is 0 Å². The third kappa shape index (κ3) is 1.13. The molecule has 0 amide bonds. The van der Waals surface area contributed by atoms with E-state index in [-0.39, 0.29) is 0 Å². The molecular weight excluding hydrogens is 200 g/mol. The molecule has 0 saturated heterocycles. The van der Waals surface area contributed by atoms with Crippen LogP contribution in [0.15, 0.2) is 30.5 Å². The summed E-state index contributed by atoms with van der Waals surface area (Å²) in [4.78, 5) is 8.71. The van der Waals surface area contributed by atoms with Gasteiger partial charge in [-0.1, -0.05) is 18.2 Å². The molecular formula is C12H12N4. The zero-order valence-corrected chi connectivity index (χ0v) is 9.01. The minimum absolute atomic E-state index is 0.374. The zero-order valence-electron chi connectivity index (χ0n) is 9.01. The van der Waals surface area contributed by atoms with E-state index in [0.29, 0.717) is 12.4 Å². The van der Waals surface area contributed by atoms with Gasteiger partial charge in [0.15, 0.2) is 0 Å². The van der Waals surface area contributed by atoms with Crippen molar-refractivity contribution in [3.05, 3.63) is 36.3 Å². The minimum atomic E-state index is 0.374. The van der Waals surface area contributed by atoms with Crippen molar-refractivity contribution in [1.29, 1.82) is 0 Å². The highest BCUT2D eigenvalue weighted by Gasteiger charge is 2.09. The monoisotopic (exact) mass is 212 g/mol. The van der Waals surface area contributed by atoms with Gasteiger partial charge in [-0.2, -0.15) is 0 Å². The second kappa shape index (κ2) is 3.28. The van der Waals surface area contributed by atoms with Gasteiger partial charge in [-0.05, 0) is 6.07 Å². The Labute approximate surface area is 92.7 Å². The van der Waals surface area contributed by atoms with Crippen LogP contribution in [-0.4, -0.2) is 14.5 Å². The molecule has 0 bridgehead atoms. The summed E-state index contributed by atoms with van der Waals surface area (Å²) >= 11 is 0. The van der Waals surface area contributed by atoms with Crippen molar-refractivity contribution in [3.63, 3.8) is 0 Å². The number of aromatic nitrogens is 3. The highest BCUT2D eigenvalue weighted by atomic mass is 15.0. The highest BCUT2D eigenvalue weighted by Crippen LogP contribution is 2.25. The van der Waals surface area contributed by atoms with Crippen LogP contribution in [0.25, 0.3) is 21.9 Å². The Morgan fingerprint density at radius 2 is 2.06 bits per heavy atom. The summed E-state index contributed by atoms with van der Waals surface area (Å²) in [7, 11) is 2.02. The molecule has 1 aromatic carbocycles. The third-order valence-corrected chi connectivity index (χ3v) is 2.88. The van der Waals surface area contributed by atoms with Crippen LogP contribution in [0, 0.1) is 0 Å². The van der Waals surface area contributed by atoms with Crippen molar-refractivity contribution in [2.24, 2.45) is 12.8 Å². The van der Waals surface area contributed by atoms with E-state index in [2.05, 4.69) is 26.7 Å². The number of hydrogen-bond donors (Lipinski definition) is 1. The van der Waals surface area contributed by atoms with Crippen LogP contribution in [0.2, 0.25) is 0 Å². The lowest BCUT2D eigenvalue weighted by Gasteiger charge is -1.97. The first-order valence-electron chi connectivity index (χ1n) is 5.20. The molecule has 0 aliphatic rings. The molecule has 0 saturated carbocycles. The average molecular weight is 212 g/mol. The number of hydrogen-bond acceptors (Lipinski definition) is 3. The minimum Gasteiger partial charge on any atom is -0.341 e. The lowest BCUT2D eigenvalue weighted by molar-refractivity contribution is 0.918. The summed E-state index contributed by atoms with van der Waals surface area (Å²) < 4.78 is 2.10. The lowest BCUT2D eigenvalue weighted by Crippen LogP contribution is -2.02. The Kier molecular flexibility index (Phi) is 1.91. The molecule has 2 aromatic heterocycles. The Morgan fingerprint density at radius 1 is 1.25 bits per heavy atom. The summed E-state index contributed by atoms with van der Waals surface area (Å²) in [6, 6.07) is 8.20. The predicted octanol–water partition coefficient (Wildman–Crippen LogP) is 1.58. The quantitative estimate of drug-likeness (QED) is 0.666. The second-order valence-electron chi connectivity index (χ2n) is 3.80. The fraction of sp³-hybridized carbons (Fsp3) is 0.167. The van der Waals surface area contributed by atoms with Crippen LogP contribution in [0.1, 0.15) is 5.82 Å². The van der Waals surface area contributed by atoms with Crippen LogP contribution in [0.4, 0.5) is 0 Å². The maximum atomic E-state index is 5.56. The number of rotatable bonds is 1. The van der Waals surface area contributed by atoms with Gasteiger partial charge in [-0.3, -0.25) is 0 Å². The van der Waals surface area contributed by atoms with Crippen LogP contribution in [0.5, 0.6) is 0 Å². The molecule has 3 aromatic rings. The smallest absolute Gasteiger partial charge is 0.142 e. The number of para-hydroxylation sites is 1. The Bertz CT molecular complexity index is 669. The predicted molar refractivity (Wildman–Crippen MR) is 63.9 cm³/mol. The van der Waals surface area contributed by atoms with Gasteiger partial charge in [0.25, 0.3) is 0 Å². The van der Waals surface area contributed by atoms with Gasteiger partial charge >= 0.3 is 0 Å². The van der Waals surface area contributed by atoms with Crippen molar-refractivity contribution in [3.8, 4) is 0 Å². The fourth-order valence-electron chi connectivity index (χ4n) is 2.05.